The third kappa shape index (κ3) is 3.74. The average molecular weight is 360 g/mol. The quantitative estimate of drug-likeness (QED) is 0.809. The number of nitrogens with two attached hydrogens (primary N) is 1. The molecular weight excluding hydrogens is 326 g/mol. The molecule has 1 aromatic carbocycles. The molecule has 2 fully saturated rings. The smallest absolute Gasteiger partial charge is 0.227 e. The van der Waals surface area contributed by atoms with Gasteiger partial charge in [0.1, 0.15) is 12.4 Å². The lowest BCUT2D eigenvalue weighted by molar-refractivity contribution is -0.129. The fraction of sp³-hybridized carbons (Fsp3) is 0.667. The predicted molar refractivity (Wildman–Crippen MR) is 104 cm³/mol. The van der Waals surface area contributed by atoms with Gasteiger partial charge in [-0.3, -0.25) is 4.79 Å². The van der Waals surface area contributed by atoms with Crippen LogP contribution in [-0.4, -0.2) is 62.6 Å². The first-order chi connectivity index (χ1) is 12.3. The maximum absolute atomic E-state index is 12.9. The van der Waals surface area contributed by atoms with E-state index in [-0.39, 0.29) is 11.3 Å². The molecule has 2 N–H and O–H groups in total. The summed E-state index contributed by atoms with van der Waals surface area (Å²) in [5.41, 5.74) is 7.10. The zero-order chi connectivity index (χ0) is 18.9. The molecule has 1 aromatic rings. The second kappa shape index (κ2) is 7.20. The maximum atomic E-state index is 12.9. The van der Waals surface area contributed by atoms with E-state index in [1.165, 1.54) is 6.42 Å². The molecule has 2 aliphatic rings. The van der Waals surface area contributed by atoms with Crippen LogP contribution >= 0.6 is 0 Å². The zero-order valence-electron chi connectivity index (χ0n) is 16.6. The Morgan fingerprint density at radius 2 is 2.15 bits per heavy atom. The van der Waals surface area contributed by atoms with E-state index in [1.807, 2.05) is 24.3 Å². The molecule has 0 spiro atoms. The average Bonchev–Trinajstić information content (AvgIpc) is 2.87. The van der Waals surface area contributed by atoms with Crippen molar-refractivity contribution >= 4 is 5.91 Å². The fourth-order valence-electron chi connectivity index (χ4n) is 5.37. The first kappa shape index (κ1) is 19.2. The molecule has 0 unspecified atom stereocenters. The number of carbonyl (C=O) groups excluding carboxylic acids is 1. The highest BCUT2D eigenvalue weighted by atomic mass is 16.5. The molecule has 1 saturated carbocycles. The Hall–Kier alpha value is -1.59. The first-order valence-corrected chi connectivity index (χ1v) is 9.60. The van der Waals surface area contributed by atoms with Crippen molar-refractivity contribution in [3.8, 4) is 5.75 Å². The topological polar surface area (TPSA) is 58.8 Å². The molecule has 1 aliphatic carbocycles. The van der Waals surface area contributed by atoms with Gasteiger partial charge in [0, 0.05) is 31.6 Å². The number of likely N-dealkylation sites (tertiary alicyclic amines) is 1. The molecule has 0 bridgehead atoms. The van der Waals surface area contributed by atoms with Gasteiger partial charge in [-0.05, 0) is 49.5 Å². The summed E-state index contributed by atoms with van der Waals surface area (Å²) in [4.78, 5) is 17.3. The van der Waals surface area contributed by atoms with E-state index in [0.29, 0.717) is 30.9 Å². The van der Waals surface area contributed by atoms with E-state index >= 15 is 0 Å². The number of hydrogen-bond acceptors (Lipinski definition) is 4. The lowest BCUT2D eigenvalue weighted by atomic mass is 9.48. The van der Waals surface area contributed by atoms with Crippen molar-refractivity contribution in [1.29, 1.82) is 0 Å². The van der Waals surface area contributed by atoms with Crippen molar-refractivity contribution in [2.75, 3.05) is 46.9 Å². The third-order valence-electron chi connectivity index (χ3n) is 6.02. The van der Waals surface area contributed by atoms with Gasteiger partial charge in [0.15, 0.2) is 0 Å². The molecule has 0 aromatic heterocycles. The number of fused-ring (bicyclic) bond motifs is 1. The van der Waals surface area contributed by atoms with Gasteiger partial charge in [0.05, 0.1) is 6.42 Å². The second-order valence-electron chi connectivity index (χ2n) is 9.05. The summed E-state index contributed by atoms with van der Waals surface area (Å²) in [5, 5.41) is 0. The van der Waals surface area contributed by atoms with Crippen LogP contribution in [0.1, 0.15) is 25.8 Å². The van der Waals surface area contributed by atoms with E-state index < -0.39 is 0 Å². The van der Waals surface area contributed by atoms with Crippen LogP contribution in [0.2, 0.25) is 0 Å². The first-order valence-electron chi connectivity index (χ1n) is 9.60. The molecule has 5 nitrogen and oxygen atoms in total. The van der Waals surface area contributed by atoms with Gasteiger partial charge >= 0.3 is 0 Å². The van der Waals surface area contributed by atoms with Crippen LogP contribution in [0.15, 0.2) is 24.3 Å². The highest BCUT2D eigenvalue weighted by Crippen LogP contribution is 2.62. The van der Waals surface area contributed by atoms with E-state index in [0.717, 1.165) is 30.9 Å². The van der Waals surface area contributed by atoms with Crippen LogP contribution in [0, 0.1) is 16.7 Å². The molecule has 144 valence electrons. The van der Waals surface area contributed by atoms with Crippen molar-refractivity contribution < 1.29 is 9.53 Å². The minimum atomic E-state index is 0.226. The van der Waals surface area contributed by atoms with E-state index in [2.05, 4.69) is 37.7 Å². The molecule has 0 radical (unpaired) electrons. The van der Waals surface area contributed by atoms with Crippen LogP contribution in [0.3, 0.4) is 0 Å². The van der Waals surface area contributed by atoms with Crippen molar-refractivity contribution in [2.24, 2.45) is 22.5 Å². The Labute approximate surface area is 157 Å². The summed E-state index contributed by atoms with van der Waals surface area (Å²) < 4.78 is 5.58. The van der Waals surface area contributed by atoms with Gasteiger partial charge in [0.25, 0.3) is 0 Å². The monoisotopic (exact) mass is 359 g/mol. The van der Waals surface area contributed by atoms with Gasteiger partial charge in [-0.2, -0.15) is 0 Å². The van der Waals surface area contributed by atoms with E-state index in [9.17, 15) is 4.79 Å². The highest BCUT2D eigenvalue weighted by Gasteiger charge is 2.63. The Balaban J connectivity index is 1.66. The van der Waals surface area contributed by atoms with Crippen molar-refractivity contribution in [3.63, 3.8) is 0 Å². The second-order valence-corrected chi connectivity index (χ2v) is 9.05. The van der Waals surface area contributed by atoms with Crippen molar-refractivity contribution in [3.05, 3.63) is 29.8 Å². The largest absolute Gasteiger partial charge is 0.492 e. The predicted octanol–water partition coefficient (Wildman–Crippen LogP) is 2.00. The molecule has 5 heteroatoms. The van der Waals surface area contributed by atoms with E-state index in [4.69, 9.17) is 10.5 Å². The van der Waals surface area contributed by atoms with Crippen LogP contribution in [0.4, 0.5) is 0 Å². The van der Waals surface area contributed by atoms with E-state index in [1.54, 1.807) is 0 Å². The molecule has 1 amide bonds. The number of ether oxygens (including phenoxy) is 1. The summed E-state index contributed by atoms with van der Waals surface area (Å²) in [6.07, 6.45) is 1.64. The third-order valence-corrected chi connectivity index (χ3v) is 6.02. The molecular formula is C21H33N3O2. The Morgan fingerprint density at radius 3 is 2.81 bits per heavy atom. The van der Waals surface area contributed by atoms with Crippen LogP contribution < -0.4 is 10.5 Å². The number of benzene rings is 1. The molecule has 1 saturated heterocycles. The molecule has 2 atom stereocenters. The summed E-state index contributed by atoms with van der Waals surface area (Å²) >= 11 is 0. The van der Waals surface area contributed by atoms with Crippen LogP contribution in [-0.2, 0) is 11.2 Å². The SMILES string of the molecule is CN(C)C[C@@]12CN(C(=O)Cc3cccc(OCCN)c3)C[C@@H]1C(C)(C)C2. The molecule has 3 rings (SSSR count). The zero-order valence-corrected chi connectivity index (χ0v) is 16.6. The van der Waals surface area contributed by atoms with Gasteiger partial charge in [-0.25, -0.2) is 0 Å². The van der Waals surface area contributed by atoms with Gasteiger partial charge in [0.2, 0.25) is 5.91 Å². The maximum Gasteiger partial charge on any atom is 0.227 e. The van der Waals surface area contributed by atoms with Crippen molar-refractivity contribution in [1.82, 2.24) is 9.80 Å². The molecule has 26 heavy (non-hydrogen) atoms. The summed E-state index contributed by atoms with van der Waals surface area (Å²) in [5.74, 6) is 1.61. The normalized spacial score (nSPS) is 26.5. The Morgan fingerprint density at radius 1 is 1.38 bits per heavy atom. The lowest BCUT2D eigenvalue weighted by Gasteiger charge is -2.57. The number of hydrogen-bond donors (Lipinski definition) is 1. The molecule has 1 heterocycles. The van der Waals surface area contributed by atoms with Crippen LogP contribution in [0.25, 0.3) is 0 Å². The van der Waals surface area contributed by atoms with Gasteiger partial charge in [-0.1, -0.05) is 26.0 Å². The number of carbonyl (C=O) groups is 1. The number of rotatable bonds is 7. The summed E-state index contributed by atoms with van der Waals surface area (Å²) in [6.45, 7) is 8.52. The van der Waals surface area contributed by atoms with Gasteiger partial charge in [-0.15, -0.1) is 0 Å². The molecule has 1 aliphatic heterocycles. The Kier molecular flexibility index (Phi) is 5.31. The summed E-state index contributed by atoms with van der Waals surface area (Å²) in [7, 11) is 4.27. The lowest BCUT2D eigenvalue weighted by Crippen LogP contribution is -2.57. The van der Waals surface area contributed by atoms with Crippen LogP contribution in [0.5, 0.6) is 5.75 Å². The standard InChI is InChI=1S/C21H33N3O2/c1-20(2)13-21(14-23(3)4)15-24(12-18(20)21)19(25)11-16-6-5-7-17(10-16)26-9-8-22/h5-7,10,18H,8-9,11-15,22H2,1-4H3/t18-,21+/m1/s1. The number of amides is 1. The van der Waals surface area contributed by atoms with Gasteiger partial charge < -0.3 is 20.3 Å². The Bertz CT molecular complexity index is 654. The summed E-state index contributed by atoms with van der Waals surface area (Å²) in [6, 6.07) is 7.81. The number of nitrogens with zero attached hydrogens (tertiary/aromatic N) is 2. The van der Waals surface area contributed by atoms with Crippen molar-refractivity contribution in [2.45, 2.75) is 26.7 Å². The fourth-order valence-corrected chi connectivity index (χ4v) is 5.37. The minimum Gasteiger partial charge on any atom is -0.492 e. The highest BCUT2D eigenvalue weighted by molar-refractivity contribution is 5.79. The minimum absolute atomic E-state index is 0.226.